The maximum Gasteiger partial charge on any atom is 0.249 e. The third-order valence-corrected chi connectivity index (χ3v) is 7.73. The van der Waals surface area contributed by atoms with E-state index in [1.807, 2.05) is 60.8 Å². The number of aromatic nitrogens is 1. The number of rotatable bonds is 10. The highest BCUT2D eigenvalue weighted by atomic mass is 16.5. The molecule has 5 rings (SSSR count). The number of carbonyl (C=O) groups is 4. The molecule has 3 aromatic carbocycles. The van der Waals surface area contributed by atoms with Crippen LogP contribution in [0.25, 0.3) is 10.9 Å². The average Bonchev–Trinajstić information content (AvgIpc) is 3.44. The van der Waals surface area contributed by atoms with Crippen LogP contribution in [-0.2, 0) is 32.0 Å². The molecule has 1 aromatic heterocycles. The van der Waals surface area contributed by atoms with Gasteiger partial charge in [-0.05, 0) is 41.5 Å². The van der Waals surface area contributed by atoms with Gasteiger partial charge in [-0.2, -0.15) is 0 Å². The number of hydrogen-bond acceptors (Lipinski definition) is 5. The van der Waals surface area contributed by atoms with Crippen LogP contribution in [0.15, 0.2) is 85.1 Å². The quantitative estimate of drug-likeness (QED) is 0.299. The van der Waals surface area contributed by atoms with Crippen molar-refractivity contribution in [2.75, 3.05) is 45.2 Å². The molecule has 1 aliphatic rings. The van der Waals surface area contributed by atoms with Crippen molar-refractivity contribution >= 4 is 40.2 Å². The van der Waals surface area contributed by atoms with Crippen LogP contribution < -0.4 is 15.0 Å². The Labute approximate surface area is 250 Å². The molecule has 4 aromatic rings. The number of para-hydroxylation sites is 1. The second kappa shape index (κ2) is 13.2. The smallest absolute Gasteiger partial charge is 0.249 e. The lowest BCUT2D eigenvalue weighted by molar-refractivity contribution is -0.146. The van der Waals surface area contributed by atoms with Gasteiger partial charge in [-0.3, -0.25) is 19.2 Å². The van der Waals surface area contributed by atoms with Gasteiger partial charge in [-0.15, -0.1) is 0 Å². The Hall–Kier alpha value is -5.12. The standard InChI is InChI=1S/C33H35N5O5/c1-36(25-12-14-26(43-2)15-13-25)33(42)29(18-23-8-4-3-5-9-23)35-30(39)21-37-16-17-38(22-32(37)41)31(40)19-24-20-34-28-11-7-6-10-27(24)28/h3-15,20,29,34H,16-19,21-22H2,1-2H3,(H,35,39)/t29-/m0/s1. The minimum absolute atomic E-state index is 0.0962. The molecule has 10 nitrogen and oxygen atoms in total. The van der Waals surface area contributed by atoms with Crippen LogP contribution in [-0.4, -0.2) is 84.8 Å². The fraction of sp³-hybridized carbons (Fsp3) is 0.273. The second-order valence-electron chi connectivity index (χ2n) is 10.6. The van der Waals surface area contributed by atoms with E-state index in [0.717, 1.165) is 22.0 Å². The summed E-state index contributed by atoms with van der Waals surface area (Å²) >= 11 is 0. The summed E-state index contributed by atoms with van der Waals surface area (Å²) in [5.74, 6) is -0.513. The fourth-order valence-electron chi connectivity index (χ4n) is 5.27. The van der Waals surface area contributed by atoms with Gasteiger partial charge >= 0.3 is 0 Å². The zero-order valence-electron chi connectivity index (χ0n) is 24.3. The van der Waals surface area contributed by atoms with Crippen molar-refractivity contribution in [3.8, 4) is 5.75 Å². The maximum atomic E-state index is 13.6. The summed E-state index contributed by atoms with van der Waals surface area (Å²) in [4.78, 5) is 60.4. The van der Waals surface area contributed by atoms with E-state index in [1.54, 1.807) is 38.4 Å². The summed E-state index contributed by atoms with van der Waals surface area (Å²) in [7, 11) is 3.23. The number of nitrogens with one attached hydrogen (secondary N) is 2. The lowest BCUT2D eigenvalue weighted by Gasteiger charge is -2.34. The van der Waals surface area contributed by atoms with Crippen molar-refractivity contribution in [2.45, 2.75) is 18.9 Å². The molecule has 0 saturated carbocycles. The van der Waals surface area contributed by atoms with E-state index < -0.39 is 11.9 Å². The molecule has 0 aliphatic carbocycles. The minimum atomic E-state index is -0.851. The predicted molar refractivity (Wildman–Crippen MR) is 164 cm³/mol. The summed E-state index contributed by atoms with van der Waals surface area (Å²) in [6.07, 6.45) is 2.29. The van der Waals surface area contributed by atoms with E-state index >= 15 is 0 Å². The van der Waals surface area contributed by atoms with Gasteiger partial charge in [-0.1, -0.05) is 48.5 Å². The van der Waals surface area contributed by atoms with E-state index in [0.29, 0.717) is 18.0 Å². The molecule has 0 bridgehead atoms. The monoisotopic (exact) mass is 581 g/mol. The number of carbonyl (C=O) groups excluding carboxylic acids is 4. The van der Waals surface area contributed by atoms with Crippen molar-refractivity contribution in [2.24, 2.45) is 0 Å². The van der Waals surface area contributed by atoms with Crippen molar-refractivity contribution in [3.63, 3.8) is 0 Å². The maximum absolute atomic E-state index is 13.6. The summed E-state index contributed by atoms with van der Waals surface area (Å²) in [6.45, 7) is 0.261. The molecule has 4 amide bonds. The molecule has 0 unspecified atom stereocenters. The normalized spacial score (nSPS) is 14.0. The largest absolute Gasteiger partial charge is 0.497 e. The zero-order chi connectivity index (χ0) is 30.3. The second-order valence-corrected chi connectivity index (χ2v) is 10.6. The number of likely N-dealkylation sites (N-methyl/N-ethyl adjacent to an activating group) is 1. The Bertz CT molecular complexity index is 1600. The number of amides is 4. The van der Waals surface area contributed by atoms with Gasteiger partial charge < -0.3 is 29.7 Å². The van der Waals surface area contributed by atoms with Gasteiger partial charge in [0.1, 0.15) is 11.8 Å². The van der Waals surface area contributed by atoms with Gasteiger partial charge in [0, 0.05) is 49.3 Å². The zero-order valence-corrected chi connectivity index (χ0v) is 24.3. The van der Waals surface area contributed by atoms with Crippen LogP contribution in [0.4, 0.5) is 5.69 Å². The summed E-state index contributed by atoms with van der Waals surface area (Å²) in [5, 5.41) is 3.84. The lowest BCUT2D eigenvalue weighted by Crippen LogP contribution is -2.56. The first kappa shape index (κ1) is 29.4. The molecular weight excluding hydrogens is 546 g/mol. The minimum Gasteiger partial charge on any atom is -0.497 e. The number of hydrogen-bond donors (Lipinski definition) is 2. The van der Waals surface area contributed by atoms with Crippen molar-refractivity contribution in [1.29, 1.82) is 0 Å². The molecule has 1 fully saturated rings. The molecule has 1 atom stereocenters. The predicted octanol–water partition coefficient (Wildman–Crippen LogP) is 2.78. The number of ether oxygens (including phenoxy) is 1. The third-order valence-electron chi connectivity index (χ3n) is 7.73. The van der Waals surface area contributed by atoms with Gasteiger partial charge in [0.15, 0.2) is 0 Å². The van der Waals surface area contributed by atoms with E-state index in [-0.39, 0.29) is 50.2 Å². The van der Waals surface area contributed by atoms with Gasteiger partial charge in [0.05, 0.1) is 26.6 Å². The molecule has 2 heterocycles. The number of nitrogens with zero attached hydrogens (tertiary/aromatic N) is 3. The number of anilines is 1. The molecule has 10 heteroatoms. The summed E-state index contributed by atoms with van der Waals surface area (Å²) in [5.41, 5.74) is 3.38. The van der Waals surface area contributed by atoms with Crippen molar-refractivity contribution < 1.29 is 23.9 Å². The van der Waals surface area contributed by atoms with Gasteiger partial charge in [0.25, 0.3) is 0 Å². The summed E-state index contributed by atoms with van der Waals surface area (Å²) < 4.78 is 5.21. The Morgan fingerprint density at radius 2 is 1.70 bits per heavy atom. The first-order chi connectivity index (χ1) is 20.8. The lowest BCUT2D eigenvalue weighted by atomic mass is 10.0. The Morgan fingerprint density at radius 1 is 0.977 bits per heavy atom. The van der Waals surface area contributed by atoms with Crippen LogP contribution in [0.1, 0.15) is 11.1 Å². The highest BCUT2D eigenvalue weighted by Crippen LogP contribution is 2.21. The first-order valence-corrected chi connectivity index (χ1v) is 14.2. The third kappa shape index (κ3) is 7.03. The molecule has 43 heavy (non-hydrogen) atoms. The van der Waals surface area contributed by atoms with Crippen LogP contribution in [0.5, 0.6) is 5.75 Å². The SMILES string of the molecule is COc1ccc(N(C)C(=O)[C@H](Cc2ccccc2)NC(=O)CN2CCN(C(=O)Cc3c[nH]c4ccccc34)CC2=O)cc1. The van der Waals surface area contributed by atoms with Gasteiger partial charge in [0.2, 0.25) is 23.6 Å². The molecule has 0 radical (unpaired) electrons. The molecule has 1 aliphatic heterocycles. The Balaban J connectivity index is 1.20. The first-order valence-electron chi connectivity index (χ1n) is 14.2. The number of piperazine rings is 1. The van der Waals surface area contributed by atoms with E-state index in [9.17, 15) is 19.2 Å². The Morgan fingerprint density at radius 3 is 2.42 bits per heavy atom. The number of H-pyrrole nitrogens is 1. The van der Waals surface area contributed by atoms with Gasteiger partial charge in [-0.25, -0.2) is 0 Å². The number of aromatic amines is 1. The molecule has 2 N–H and O–H groups in total. The average molecular weight is 582 g/mol. The fourth-order valence-corrected chi connectivity index (χ4v) is 5.27. The highest BCUT2D eigenvalue weighted by Gasteiger charge is 2.31. The molecular formula is C33H35N5O5. The van der Waals surface area contributed by atoms with E-state index in [4.69, 9.17) is 4.74 Å². The van der Waals surface area contributed by atoms with Crippen molar-refractivity contribution in [1.82, 2.24) is 20.1 Å². The summed E-state index contributed by atoms with van der Waals surface area (Å²) in [6, 6.07) is 23.4. The Kier molecular flexibility index (Phi) is 9.05. The van der Waals surface area contributed by atoms with Crippen LogP contribution in [0.2, 0.25) is 0 Å². The molecule has 222 valence electrons. The molecule has 0 spiro atoms. The topological polar surface area (TPSA) is 115 Å². The molecule has 1 saturated heterocycles. The van der Waals surface area contributed by atoms with Crippen LogP contribution in [0, 0.1) is 0 Å². The number of fused-ring (bicyclic) bond motifs is 1. The van der Waals surface area contributed by atoms with Crippen LogP contribution >= 0.6 is 0 Å². The van der Waals surface area contributed by atoms with E-state index in [2.05, 4.69) is 10.3 Å². The van der Waals surface area contributed by atoms with E-state index in [1.165, 1.54) is 14.7 Å². The number of methoxy groups -OCH3 is 1. The van der Waals surface area contributed by atoms with Crippen molar-refractivity contribution in [3.05, 3.63) is 96.2 Å². The highest BCUT2D eigenvalue weighted by molar-refractivity contribution is 5.99. The number of benzene rings is 3. The van der Waals surface area contributed by atoms with Crippen LogP contribution in [0.3, 0.4) is 0 Å².